The third-order valence-electron chi connectivity index (χ3n) is 2.33. The number of nitrogens with one attached hydrogen (secondary N) is 1. The van der Waals surface area contributed by atoms with Crippen LogP contribution in [0, 0.1) is 0 Å². The molecule has 0 rings (SSSR count). The number of nitrogens with zero attached hydrogens (tertiary/aromatic N) is 1. The van der Waals surface area contributed by atoms with Crippen LogP contribution in [0.2, 0.25) is 0 Å². The summed E-state index contributed by atoms with van der Waals surface area (Å²) >= 11 is 0. The first-order valence-corrected chi connectivity index (χ1v) is 5.02. The predicted molar refractivity (Wildman–Crippen MR) is 57.3 cm³/mol. The fraction of sp³-hybridized carbons (Fsp3) is 0.900. The standard InChI is InChI=1S/C10H22N2O2/c1-6-11-10(3,9(13)14-5)8-12(4)7-2/h11H,6-8H2,1-5H3. The van der Waals surface area contributed by atoms with Gasteiger partial charge in [-0.05, 0) is 27.1 Å². The van der Waals surface area contributed by atoms with E-state index in [1.807, 2.05) is 20.9 Å². The second-order valence-electron chi connectivity index (χ2n) is 3.68. The van der Waals surface area contributed by atoms with Crippen LogP contribution in [-0.2, 0) is 9.53 Å². The summed E-state index contributed by atoms with van der Waals surface area (Å²) in [7, 11) is 3.41. The Morgan fingerprint density at radius 2 is 2.07 bits per heavy atom. The highest BCUT2D eigenvalue weighted by molar-refractivity contribution is 5.80. The van der Waals surface area contributed by atoms with Crippen molar-refractivity contribution in [1.29, 1.82) is 0 Å². The molecule has 0 aliphatic heterocycles. The fourth-order valence-electron chi connectivity index (χ4n) is 1.46. The lowest BCUT2D eigenvalue weighted by Crippen LogP contribution is -2.56. The van der Waals surface area contributed by atoms with E-state index in [1.54, 1.807) is 0 Å². The van der Waals surface area contributed by atoms with E-state index in [9.17, 15) is 4.79 Å². The fourth-order valence-corrected chi connectivity index (χ4v) is 1.46. The van der Waals surface area contributed by atoms with Crippen molar-refractivity contribution in [2.75, 3.05) is 33.8 Å². The Labute approximate surface area is 86.6 Å². The summed E-state index contributed by atoms with van der Waals surface area (Å²) in [5.74, 6) is -0.209. The molecule has 0 aliphatic carbocycles. The Hall–Kier alpha value is -0.610. The molecule has 0 aromatic carbocycles. The maximum Gasteiger partial charge on any atom is 0.327 e. The molecule has 0 amide bonds. The van der Waals surface area contributed by atoms with Gasteiger partial charge in [0.2, 0.25) is 0 Å². The van der Waals surface area contributed by atoms with E-state index in [0.717, 1.165) is 13.1 Å². The van der Waals surface area contributed by atoms with Crippen LogP contribution in [0.5, 0.6) is 0 Å². The van der Waals surface area contributed by atoms with Gasteiger partial charge in [-0.2, -0.15) is 0 Å². The maximum atomic E-state index is 11.6. The SMILES string of the molecule is CCNC(C)(CN(C)CC)C(=O)OC. The van der Waals surface area contributed by atoms with Crippen LogP contribution in [0.4, 0.5) is 0 Å². The summed E-state index contributed by atoms with van der Waals surface area (Å²) in [6.45, 7) is 8.23. The number of carbonyl (C=O) groups is 1. The molecule has 0 aromatic heterocycles. The van der Waals surface area contributed by atoms with E-state index < -0.39 is 5.54 Å². The number of ether oxygens (including phenoxy) is 1. The maximum absolute atomic E-state index is 11.6. The zero-order chi connectivity index (χ0) is 11.2. The molecule has 4 nitrogen and oxygen atoms in total. The van der Waals surface area contributed by atoms with Gasteiger partial charge < -0.3 is 15.0 Å². The van der Waals surface area contributed by atoms with Gasteiger partial charge in [0.25, 0.3) is 0 Å². The molecule has 4 heteroatoms. The summed E-state index contributed by atoms with van der Waals surface area (Å²) in [4.78, 5) is 13.6. The minimum Gasteiger partial charge on any atom is -0.468 e. The molecule has 14 heavy (non-hydrogen) atoms. The molecule has 0 spiro atoms. The van der Waals surface area contributed by atoms with Crippen molar-refractivity contribution in [2.24, 2.45) is 0 Å². The summed E-state index contributed by atoms with van der Waals surface area (Å²) in [5, 5.41) is 3.16. The van der Waals surface area contributed by atoms with Gasteiger partial charge in [-0.3, -0.25) is 4.79 Å². The summed E-state index contributed by atoms with van der Waals surface area (Å²) in [6.07, 6.45) is 0. The van der Waals surface area contributed by atoms with E-state index in [2.05, 4.69) is 17.1 Å². The number of hydrogen-bond donors (Lipinski definition) is 1. The highest BCUT2D eigenvalue weighted by Gasteiger charge is 2.34. The summed E-state index contributed by atoms with van der Waals surface area (Å²) in [5.41, 5.74) is -0.603. The van der Waals surface area contributed by atoms with Crippen LogP contribution in [0.1, 0.15) is 20.8 Å². The van der Waals surface area contributed by atoms with Crippen LogP contribution in [0.15, 0.2) is 0 Å². The number of methoxy groups -OCH3 is 1. The van der Waals surface area contributed by atoms with Gasteiger partial charge in [-0.1, -0.05) is 13.8 Å². The molecule has 0 fully saturated rings. The van der Waals surface area contributed by atoms with E-state index >= 15 is 0 Å². The minimum atomic E-state index is -0.603. The van der Waals surface area contributed by atoms with Crippen molar-refractivity contribution in [3.63, 3.8) is 0 Å². The minimum absolute atomic E-state index is 0.209. The number of carbonyl (C=O) groups excluding carboxylic acids is 1. The normalized spacial score (nSPS) is 15.3. The monoisotopic (exact) mass is 202 g/mol. The van der Waals surface area contributed by atoms with Gasteiger partial charge in [0, 0.05) is 6.54 Å². The quantitative estimate of drug-likeness (QED) is 0.636. The van der Waals surface area contributed by atoms with Crippen LogP contribution in [-0.4, -0.2) is 50.2 Å². The van der Waals surface area contributed by atoms with Crippen molar-refractivity contribution >= 4 is 5.97 Å². The lowest BCUT2D eigenvalue weighted by atomic mass is 10.0. The van der Waals surface area contributed by atoms with Gasteiger partial charge in [-0.25, -0.2) is 0 Å². The van der Waals surface area contributed by atoms with E-state index in [4.69, 9.17) is 4.74 Å². The van der Waals surface area contributed by atoms with Crippen LogP contribution < -0.4 is 5.32 Å². The van der Waals surface area contributed by atoms with E-state index in [1.165, 1.54) is 7.11 Å². The molecular formula is C10H22N2O2. The number of likely N-dealkylation sites (N-methyl/N-ethyl adjacent to an activating group) is 2. The van der Waals surface area contributed by atoms with Crippen molar-refractivity contribution in [3.05, 3.63) is 0 Å². The predicted octanol–water partition coefficient (Wildman–Crippen LogP) is 0.479. The Morgan fingerprint density at radius 3 is 2.43 bits per heavy atom. The molecule has 84 valence electrons. The second-order valence-corrected chi connectivity index (χ2v) is 3.68. The Morgan fingerprint density at radius 1 is 1.50 bits per heavy atom. The highest BCUT2D eigenvalue weighted by atomic mass is 16.5. The first kappa shape index (κ1) is 13.4. The third-order valence-corrected chi connectivity index (χ3v) is 2.33. The molecule has 0 heterocycles. The molecule has 0 radical (unpaired) electrons. The van der Waals surface area contributed by atoms with Crippen LogP contribution in [0.3, 0.4) is 0 Å². The van der Waals surface area contributed by atoms with Crippen LogP contribution >= 0.6 is 0 Å². The number of esters is 1. The molecular weight excluding hydrogens is 180 g/mol. The van der Waals surface area contributed by atoms with E-state index in [0.29, 0.717) is 6.54 Å². The van der Waals surface area contributed by atoms with Crippen molar-refractivity contribution < 1.29 is 9.53 Å². The molecule has 0 saturated heterocycles. The average molecular weight is 202 g/mol. The largest absolute Gasteiger partial charge is 0.468 e. The van der Waals surface area contributed by atoms with Crippen LogP contribution in [0.25, 0.3) is 0 Å². The lowest BCUT2D eigenvalue weighted by molar-refractivity contribution is -0.148. The Balaban J connectivity index is 4.45. The molecule has 0 saturated carbocycles. The average Bonchev–Trinajstić information content (AvgIpc) is 2.16. The van der Waals surface area contributed by atoms with Gasteiger partial charge >= 0.3 is 5.97 Å². The second kappa shape index (κ2) is 5.98. The zero-order valence-corrected chi connectivity index (χ0v) is 9.89. The molecule has 1 unspecified atom stereocenters. The highest BCUT2D eigenvalue weighted by Crippen LogP contribution is 2.07. The first-order valence-electron chi connectivity index (χ1n) is 5.02. The Bertz CT molecular complexity index is 185. The van der Waals surface area contributed by atoms with Gasteiger partial charge in [0.05, 0.1) is 7.11 Å². The summed E-state index contributed by atoms with van der Waals surface area (Å²) < 4.78 is 4.79. The van der Waals surface area contributed by atoms with Crippen molar-refractivity contribution in [3.8, 4) is 0 Å². The smallest absolute Gasteiger partial charge is 0.327 e. The van der Waals surface area contributed by atoms with E-state index in [-0.39, 0.29) is 5.97 Å². The first-order chi connectivity index (χ1) is 6.50. The molecule has 0 aromatic rings. The number of hydrogen-bond acceptors (Lipinski definition) is 4. The molecule has 0 bridgehead atoms. The topological polar surface area (TPSA) is 41.6 Å². The third kappa shape index (κ3) is 3.64. The molecule has 1 atom stereocenters. The van der Waals surface area contributed by atoms with Gasteiger partial charge in [0.15, 0.2) is 0 Å². The molecule has 1 N–H and O–H groups in total. The summed E-state index contributed by atoms with van der Waals surface area (Å²) in [6, 6.07) is 0. The van der Waals surface area contributed by atoms with Crippen molar-refractivity contribution in [1.82, 2.24) is 10.2 Å². The number of rotatable bonds is 6. The van der Waals surface area contributed by atoms with Crippen molar-refractivity contribution in [2.45, 2.75) is 26.3 Å². The lowest BCUT2D eigenvalue weighted by Gasteiger charge is -2.31. The van der Waals surface area contributed by atoms with Gasteiger partial charge in [0.1, 0.15) is 5.54 Å². The zero-order valence-electron chi connectivity index (χ0n) is 9.89. The Kier molecular flexibility index (Phi) is 5.72. The molecule has 0 aliphatic rings. The van der Waals surface area contributed by atoms with Gasteiger partial charge in [-0.15, -0.1) is 0 Å².